The van der Waals surface area contributed by atoms with E-state index in [2.05, 4.69) is 4.98 Å². The number of hydrogen-bond acceptors (Lipinski definition) is 3. The Hall–Kier alpha value is -1.62. The summed E-state index contributed by atoms with van der Waals surface area (Å²) < 4.78 is 0. The van der Waals surface area contributed by atoms with Gasteiger partial charge in [-0.25, -0.2) is 0 Å². The largest absolute Gasteiger partial charge is 0.393 e. The van der Waals surface area contributed by atoms with Gasteiger partial charge in [0.05, 0.1) is 11.7 Å². The number of aromatic amines is 1. The van der Waals surface area contributed by atoms with E-state index in [0.29, 0.717) is 5.56 Å². The molecule has 2 N–H and O–H groups in total. The molecule has 2 aliphatic rings. The first-order valence-corrected chi connectivity index (χ1v) is 7.84. The van der Waals surface area contributed by atoms with Crippen molar-refractivity contribution >= 4 is 5.91 Å². The summed E-state index contributed by atoms with van der Waals surface area (Å²) >= 11 is 0. The fourth-order valence-corrected chi connectivity index (χ4v) is 3.79. The number of rotatable bonds is 2. The van der Waals surface area contributed by atoms with E-state index in [4.69, 9.17) is 0 Å². The molecule has 1 saturated carbocycles. The molecule has 0 radical (unpaired) electrons. The lowest BCUT2D eigenvalue weighted by atomic mass is 9.80. The van der Waals surface area contributed by atoms with Crippen molar-refractivity contribution in [1.29, 1.82) is 0 Å². The number of aliphatic hydroxyl groups excluding tert-OH is 1. The monoisotopic (exact) mass is 290 g/mol. The van der Waals surface area contributed by atoms with Gasteiger partial charge in [0, 0.05) is 30.8 Å². The second-order valence-corrected chi connectivity index (χ2v) is 6.17. The molecule has 3 rings (SSSR count). The van der Waals surface area contributed by atoms with Crippen molar-refractivity contribution in [3.05, 3.63) is 34.2 Å². The van der Waals surface area contributed by atoms with Crippen LogP contribution in [-0.2, 0) is 0 Å². The minimum absolute atomic E-state index is 0.0356. The summed E-state index contributed by atoms with van der Waals surface area (Å²) in [6.07, 6.45) is 7.23. The Balaban J connectivity index is 1.78. The quantitative estimate of drug-likeness (QED) is 0.867. The van der Waals surface area contributed by atoms with E-state index in [1.54, 1.807) is 6.07 Å². The standard InChI is InChI=1S/C16H22N2O3/c19-14-6-2-1-4-12(14)13-5-3-9-18(13)16(21)11-7-8-15(20)17-10-11/h7-8,10,12-14,19H,1-6,9H2,(H,17,20). The Morgan fingerprint density at radius 1 is 1.19 bits per heavy atom. The minimum atomic E-state index is -0.285. The van der Waals surface area contributed by atoms with E-state index >= 15 is 0 Å². The lowest BCUT2D eigenvalue weighted by molar-refractivity contribution is 0.0211. The molecule has 0 spiro atoms. The van der Waals surface area contributed by atoms with Crippen LogP contribution in [0.1, 0.15) is 48.9 Å². The molecule has 3 unspecified atom stereocenters. The van der Waals surface area contributed by atoms with Crippen LogP contribution in [0, 0.1) is 5.92 Å². The van der Waals surface area contributed by atoms with Crippen LogP contribution in [0.4, 0.5) is 0 Å². The average Bonchev–Trinajstić information content (AvgIpc) is 2.97. The normalized spacial score (nSPS) is 29.6. The molecule has 1 saturated heterocycles. The molecule has 2 heterocycles. The maximum absolute atomic E-state index is 12.6. The van der Waals surface area contributed by atoms with E-state index in [1.807, 2.05) is 4.90 Å². The number of aromatic nitrogens is 1. The number of H-pyrrole nitrogens is 1. The van der Waals surface area contributed by atoms with Crippen molar-refractivity contribution < 1.29 is 9.90 Å². The highest BCUT2D eigenvalue weighted by Crippen LogP contribution is 2.35. The lowest BCUT2D eigenvalue weighted by Gasteiger charge is -2.37. The third kappa shape index (κ3) is 2.88. The number of hydrogen-bond donors (Lipinski definition) is 2. The molecule has 3 atom stereocenters. The van der Waals surface area contributed by atoms with Gasteiger partial charge in [-0.3, -0.25) is 9.59 Å². The van der Waals surface area contributed by atoms with Crippen LogP contribution in [-0.4, -0.2) is 39.6 Å². The van der Waals surface area contributed by atoms with E-state index in [0.717, 1.165) is 45.1 Å². The highest BCUT2D eigenvalue weighted by Gasteiger charge is 2.39. The predicted molar refractivity (Wildman–Crippen MR) is 79.1 cm³/mol. The number of pyridine rings is 1. The van der Waals surface area contributed by atoms with Gasteiger partial charge >= 0.3 is 0 Å². The third-order valence-electron chi connectivity index (χ3n) is 4.87. The van der Waals surface area contributed by atoms with Crippen LogP contribution < -0.4 is 5.56 Å². The molecule has 5 heteroatoms. The number of amides is 1. The van der Waals surface area contributed by atoms with Gasteiger partial charge in [-0.05, 0) is 31.7 Å². The van der Waals surface area contributed by atoms with Crippen LogP contribution in [0.15, 0.2) is 23.1 Å². The van der Waals surface area contributed by atoms with Crippen molar-refractivity contribution in [1.82, 2.24) is 9.88 Å². The topological polar surface area (TPSA) is 73.4 Å². The fourth-order valence-electron chi connectivity index (χ4n) is 3.79. The SMILES string of the molecule is O=C(c1ccc(=O)[nH]c1)N1CCCC1C1CCCCC1O. The second-order valence-electron chi connectivity index (χ2n) is 6.17. The number of carbonyl (C=O) groups is 1. The zero-order valence-electron chi connectivity index (χ0n) is 12.1. The van der Waals surface area contributed by atoms with Crippen molar-refractivity contribution in [3.63, 3.8) is 0 Å². The summed E-state index contributed by atoms with van der Waals surface area (Å²) in [5.74, 6) is 0.166. The predicted octanol–water partition coefficient (Wildman–Crippen LogP) is 1.53. The number of carbonyl (C=O) groups excluding carboxylic acids is 1. The maximum Gasteiger partial charge on any atom is 0.255 e. The molecular weight excluding hydrogens is 268 g/mol. The van der Waals surface area contributed by atoms with Crippen molar-refractivity contribution in [2.75, 3.05) is 6.54 Å². The summed E-state index contributed by atoms with van der Waals surface area (Å²) in [7, 11) is 0. The average molecular weight is 290 g/mol. The first-order chi connectivity index (χ1) is 10.2. The summed E-state index contributed by atoms with van der Waals surface area (Å²) in [6.45, 7) is 0.742. The summed E-state index contributed by atoms with van der Waals surface area (Å²) in [4.78, 5) is 28.2. The van der Waals surface area contributed by atoms with Gasteiger partial charge in [0.15, 0.2) is 0 Å². The second kappa shape index (κ2) is 6.02. The van der Waals surface area contributed by atoms with Crippen LogP contribution in [0.5, 0.6) is 0 Å². The Labute approximate surface area is 124 Å². The molecule has 1 aromatic rings. The van der Waals surface area contributed by atoms with Crippen LogP contribution in [0.3, 0.4) is 0 Å². The molecule has 1 aliphatic carbocycles. The molecule has 0 bridgehead atoms. The zero-order valence-corrected chi connectivity index (χ0v) is 12.1. The molecule has 1 aliphatic heterocycles. The minimum Gasteiger partial charge on any atom is -0.393 e. The van der Waals surface area contributed by atoms with Crippen molar-refractivity contribution in [2.45, 2.75) is 50.7 Å². The van der Waals surface area contributed by atoms with E-state index in [1.165, 1.54) is 12.3 Å². The maximum atomic E-state index is 12.6. The summed E-state index contributed by atoms with van der Waals surface area (Å²) in [6, 6.07) is 3.10. The molecular formula is C16H22N2O3. The molecule has 114 valence electrons. The van der Waals surface area contributed by atoms with E-state index < -0.39 is 0 Å². The third-order valence-corrected chi connectivity index (χ3v) is 4.87. The van der Waals surface area contributed by atoms with Crippen LogP contribution in [0.25, 0.3) is 0 Å². The highest BCUT2D eigenvalue weighted by molar-refractivity contribution is 5.94. The Morgan fingerprint density at radius 2 is 2.00 bits per heavy atom. The van der Waals surface area contributed by atoms with Crippen LogP contribution in [0.2, 0.25) is 0 Å². The van der Waals surface area contributed by atoms with Gasteiger partial charge in [-0.2, -0.15) is 0 Å². The Kier molecular flexibility index (Phi) is 4.10. The van der Waals surface area contributed by atoms with Gasteiger partial charge < -0.3 is 15.0 Å². The molecule has 1 aromatic heterocycles. The molecule has 5 nitrogen and oxygen atoms in total. The summed E-state index contributed by atoms with van der Waals surface area (Å²) in [5, 5.41) is 10.3. The summed E-state index contributed by atoms with van der Waals surface area (Å²) in [5.41, 5.74) is 0.319. The Bertz CT molecular complexity index is 548. The van der Waals surface area contributed by atoms with Crippen LogP contribution >= 0.6 is 0 Å². The fraction of sp³-hybridized carbons (Fsp3) is 0.625. The molecule has 21 heavy (non-hydrogen) atoms. The smallest absolute Gasteiger partial charge is 0.255 e. The van der Waals surface area contributed by atoms with E-state index in [-0.39, 0.29) is 29.5 Å². The van der Waals surface area contributed by atoms with Gasteiger partial charge in [0.1, 0.15) is 0 Å². The Morgan fingerprint density at radius 3 is 2.71 bits per heavy atom. The lowest BCUT2D eigenvalue weighted by Crippen LogP contribution is -2.45. The molecule has 2 fully saturated rings. The van der Waals surface area contributed by atoms with Crippen molar-refractivity contribution in [2.24, 2.45) is 5.92 Å². The first kappa shape index (κ1) is 14.3. The van der Waals surface area contributed by atoms with Gasteiger partial charge in [0.2, 0.25) is 5.56 Å². The molecule has 0 aromatic carbocycles. The number of nitrogens with one attached hydrogen (secondary N) is 1. The number of aliphatic hydroxyl groups is 1. The molecule has 1 amide bonds. The zero-order chi connectivity index (χ0) is 14.8. The van der Waals surface area contributed by atoms with Gasteiger partial charge in [-0.15, -0.1) is 0 Å². The number of nitrogens with zero attached hydrogens (tertiary/aromatic N) is 1. The first-order valence-electron chi connectivity index (χ1n) is 7.84. The van der Waals surface area contributed by atoms with Gasteiger partial charge in [-0.1, -0.05) is 12.8 Å². The van der Waals surface area contributed by atoms with Crippen molar-refractivity contribution in [3.8, 4) is 0 Å². The number of likely N-dealkylation sites (tertiary alicyclic amines) is 1. The van der Waals surface area contributed by atoms with Gasteiger partial charge in [0.25, 0.3) is 5.91 Å². The van der Waals surface area contributed by atoms with E-state index in [9.17, 15) is 14.7 Å². The highest BCUT2D eigenvalue weighted by atomic mass is 16.3.